The van der Waals surface area contributed by atoms with Gasteiger partial charge in [-0.1, -0.05) is 0 Å². The van der Waals surface area contributed by atoms with Gasteiger partial charge in [0.25, 0.3) is 0 Å². The summed E-state index contributed by atoms with van der Waals surface area (Å²) in [6.45, 7) is 0.701. The summed E-state index contributed by atoms with van der Waals surface area (Å²) in [4.78, 5) is 3.93. The maximum atomic E-state index is 5.03. The Morgan fingerprint density at radius 3 is 3.12 bits per heavy atom. The molecule has 0 aromatic heterocycles. The monoisotopic (exact) mass is 112 g/mol. The Hall–Kier alpha value is -1.03. The second kappa shape index (κ2) is 2.32. The first kappa shape index (κ1) is 5.11. The van der Waals surface area contributed by atoms with Crippen molar-refractivity contribution in [2.24, 2.45) is 10.8 Å². The Kier molecular flexibility index (Phi) is 1.48. The third-order valence-corrected chi connectivity index (χ3v) is 0.829. The van der Waals surface area contributed by atoms with Crippen molar-refractivity contribution >= 4 is 5.96 Å². The number of nitrogens with two attached hydrogens (primary N) is 1. The largest absolute Gasteiger partial charge is 0.332 e. The molecule has 0 saturated heterocycles. The number of hydrogen-bond donors (Lipinski definition) is 3. The van der Waals surface area contributed by atoms with Gasteiger partial charge in [0.05, 0.1) is 6.54 Å². The molecule has 0 amide bonds. The molecule has 4 N–H and O–H groups in total. The van der Waals surface area contributed by atoms with Crippen LogP contribution in [0.4, 0.5) is 0 Å². The lowest BCUT2D eigenvalue weighted by atomic mass is 10.5. The van der Waals surface area contributed by atoms with Gasteiger partial charge >= 0.3 is 0 Å². The highest BCUT2D eigenvalue weighted by molar-refractivity contribution is 5.80. The van der Waals surface area contributed by atoms with E-state index in [1.165, 1.54) is 0 Å². The molecule has 1 aliphatic heterocycles. The van der Waals surface area contributed by atoms with Crippen molar-refractivity contribution in [1.82, 2.24) is 10.7 Å². The van der Waals surface area contributed by atoms with Crippen LogP contribution in [0.15, 0.2) is 17.3 Å². The lowest BCUT2D eigenvalue weighted by molar-refractivity contribution is 0.929. The quantitative estimate of drug-likeness (QED) is 0.276. The van der Waals surface area contributed by atoms with Crippen molar-refractivity contribution < 1.29 is 0 Å². The van der Waals surface area contributed by atoms with Crippen LogP contribution in [-0.2, 0) is 0 Å². The molecule has 0 saturated carbocycles. The van der Waals surface area contributed by atoms with Crippen LogP contribution in [0.3, 0.4) is 0 Å². The van der Waals surface area contributed by atoms with Gasteiger partial charge in [0, 0.05) is 6.20 Å². The Balaban J connectivity index is 2.43. The summed E-state index contributed by atoms with van der Waals surface area (Å²) >= 11 is 0. The summed E-state index contributed by atoms with van der Waals surface area (Å²) < 4.78 is 0. The maximum absolute atomic E-state index is 5.03. The van der Waals surface area contributed by atoms with E-state index in [9.17, 15) is 0 Å². The van der Waals surface area contributed by atoms with E-state index >= 15 is 0 Å². The minimum absolute atomic E-state index is 0.618. The van der Waals surface area contributed by atoms with Crippen molar-refractivity contribution in [3.63, 3.8) is 0 Å². The van der Waals surface area contributed by atoms with Crippen LogP contribution in [0.25, 0.3) is 0 Å². The summed E-state index contributed by atoms with van der Waals surface area (Å²) in [6, 6.07) is 0. The third-order valence-electron chi connectivity index (χ3n) is 0.829. The lowest BCUT2D eigenvalue weighted by Gasteiger charge is -2.06. The fraction of sp³-hybridized carbons (Fsp3) is 0.250. The zero-order valence-electron chi connectivity index (χ0n) is 4.39. The van der Waals surface area contributed by atoms with Gasteiger partial charge in [-0.05, 0) is 6.08 Å². The number of nitrogens with zero attached hydrogens (tertiary/aromatic N) is 1. The second-order valence-corrected chi connectivity index (χ2v) is 1.38. The van der Waals surface area contributed by atoms with Gasteiger partial charge in [-0.25, -0.2) is 10.8 Å². The zero-order chi connectivity index (χ0) is 5.82. The highest BCUT2D eigenvalue weighted by Crippen LogP contribution is 1.79. The van der Waals surface area contributed by atoms with E-state index in [1.807, 2.05) is 6.08 Å². The van der Waals surface area contributed by atoms with Crippen LogP contribution < -0.4 is 16.6 Å². The van der Waals surface area contributed by atoms with E-state index < -0.39 is 0 Å². The molecule has 0 unspecified atom stereocenters. The van der Waals surface area contributed by atoms with Crippen LogP contribution in [-0.4, -0.2) is 12.5 Å². The van der Waals surface area contributed by atoms with E-state index in [1.54, 1.807) is 6.20 Å². The van der Waals surface area contributed by atoms with Gasteiger partial charge in [0.15, 0.2) is 0 Å². The molecule has 0 radical (unpaired) electrons. The molecule has 0 aliphatic carbocycles. The van der Waals surface area contributed by atoms with E-state index in [2.05, 4.69) is 15.7 Å². The number of nitrogens with one attached hydrogen (secondary N) is 2. The first-order chi connectivity index (χ1) is 3.93. The first-order valence-electron chi connectivity index (χ1n) is 2.36. The normalized spacial score (nSPS) is 16.9. The third kappa shape index (κ3) is 0.974. The number of hydrogen-bond acceptors (Lipinski definition) is 4. The van der Waals surface area contributed by atoms with E-state index in [-0.39, 0.29) is 0 Å². The van der Waals surface area contributed by atoms with Crippen LogP contribution in [0.5, 0.6) is 0 Å². The van der Waals surface area contributed by atoms with Gasteiger partial charge in [0.1, 0.15) is 0 Å². The zero-order valence-corrected chi connectivity index (χ0v) is 4.39. The molecule has 0 bridgehead atoms. The second-order valence-electron chi connectivity index (χ2n) is 1.38. The highest BCUT2D eigenvalue weighted by Gasteiger charge is 1.91. The van der Waals surface area contributed by atoms with E-state index in [0.29, 0.717) is 12.5 Å². The highest BCUT2D eigenvalue weighted by atomic mass is 15.3. The molecule has 0 aromatic carbocycles. The van der Waals surface area contributed by atoms with Gasteiger partial charge in [-0.3, -0.25) is 5.43 Å². The maximum Gasteiger partial charge on any atom is 0.210 e. The van der Waals surface area contributed by atoms with Crippen LogP contribution in [0, 0.1) is 0 Å². The van der Waals surface area contributed by atoms with Crippen molar-refractivity contribution in [3.8, 4) is 0 Å². The minimum atomic E-state index is 0.618. The molecule has 0 fully saturated rings. The van der Waals surface area contributed by atoms with Crippen molar-refractivity contribution in [2.75, 3.05) is 6.54 Å². The molecule has 44 valence electrons. The number of hydrazine groups is 1. The molecule has 0 aromatic rings. The smallest absolute Gasteiger partial charge is 0.210 e. The number of guanidine groups is 1. The molecule has 4 nitrogen and oxygen atoms in total. The van der Waals surface area contributed by atoms with Gasteiger partial charge < -0.3 is 5.32 Å². The minimum Gasteiger partial charge on any atom is -0.332 e. The SMILES string of the molecule is NNC1=NCC=CN1. The molecule has 8 heavy (non-hydrogen) atoms. The van der Waals surface area contributed by atoms with Gasteiger partial charge in [-0.15, -0.1) is 0 Å². The molecule has 1 aliphatic rings. The Morgan fingerprint density at radius 2 is 2.75 bits per heavy atom. The van der Waals surface area contributed by atoms with Crippen molar-refractivity contribution in [1.29, 1.82) is 0 Å². The average Bonchev–Trinajstić information content (AvgIpc) is 1.90. The Bertz CT molecular complexity index is 126. The van der Waals surface area contributed by atoms with Crippen molar-refractivity contribution in [3.05, 3.63) is 12.3 Å². The predicted molar refractivity (Wildman–Crippen MR) is 31.9 cm³/mol. The van der Waals surface area contributed by atoms with Gasteiger partial charge in [-0.2, -0.15) is 0 Å². The fourth-order valence-corrected chi connectivity index (χ4v) is 0.468. The van der Waals surface area contributed by atoms with E-state index in [4.69, 9.17) is 5.84 Å². The summed E-state index contributed by atoms with van der Waals surface area (Å²) in [6.07, 6.45) is 3.70. The number of rotatable bonds is 0. The first-order valence-corrected chi connectivity index (χ1v) is 2.36. The topological polar surface area (TPSA) is 62.4 Å². The van der Waals surface area contributed by atoms with Crippen molar-refractivity contribution in [2.45, 2.75) is 0 Å². The summed E-state index contributed by atoms with van der Waals surface area (Å²) in [5.41, 5.74) is 2.39. The molecule has 0 spiro atoms. The van der Waals surface area contributed by atoms with Gasteiger partial charge in [0.2, 0.25) is 5.96 Å². The summed E-state index contributed by atoms with van der Waals surface area (Å²) in [5.74, 6) is 5.64. The molecule has 0 atom stereocenters. The van der Waals surface area contributed by atoms with E-state index in [0.717, 1.165) is 0 Å². The van der Waals surface area contributed by atoms with Crippen LogP contribution in [0.1, 0.15) is 0 Å². The standard InChI is InChI=1S/C4H8N4/c5-8-4-6-2-1-3-7-4/h1-2H,3,5H2,(H2,6,7,8). The number of aliphatic imine (C=N–C) groups is 1. The average molecular weight is 112 g/mol. The lowest BCUT2D eigenvalue weighted by Crippen LogP contribution is -2.40. The molecule has 1 heterocycles. The predicted octanol–water partition coefficient (Wildman–Crippen LogP) is -1.08. The fourth-order valence-electron chi connectivity index (χ4n) is 0.468. The molecule has 1 rings (SSSR count). The Morgan fingerprint density at radius 1 is 1.88 bits per heavy atom. The molecular formula is C4H8N4. The molecular weight excluding hydrogens is 104 g/mol. The molecule has 4 heteroatoms. The van der Waals surface area contributed by atoms with Crippen LogP contribution in [0.2, 0.25) is 0 Å². The van der Waals surface area contributed by atoms with Crippen LogP contribution >= 0.6 is 0 Å². The summed E-state index contributed by atoms with van der Waals surface area (Å²) in [5, 5.41) is 2.80. The summed E-state index contributed by atoms with van der Waals surface area (Å²) in [7, 11) is 0. The Labute approximate surface area is 47.4 Å².